The van der Waals surface area contributed by atoms with Gasteiger partial charge in [-0.05, 0) is 63.6 Å². The van der Waals surface area contributed by atoms with Gasteiger partial charge in [0, 0.05) is 19.8 Å². The van der Waals surface area contributed by atoms with Gasteiger partial charge in [0.2, 0.25) is 0 Å². The van der Waals surface area contributed by atoms with Gasteiger partial charge in [0.15, 0.2) is 0 Å². The highest BCUT2D eigenvalue weighted by molar-refractivity contribution is 4.75. The zero-order valence-electron chi connectivity index (χ0n) is 10.4. The molecule has 0 bridgehead atoms. The van der Waals surface area contributed by atoms with Crippen molar-refractivity contribution < 1.29 is 4.74 Å². The average molecular weight is 226 g/mol. The van der Waals surface area contributed by atoms with E-state index in [-0.39, 0.29) is 0 Å². The summed E-state index contributed by atoms with van der Waals surface area (Å²) in [5, 5.41) is 0. The van der Waals surface area contributed by atoms with Crippen LogP contribution in [0.1, 0.15) is 32.1 Å². The van der Waals surface area contributed by atoms with Crippen LogP contribution in [0.15, 0.2) is 0 Å². The Hall–Kier alpha value is -0.120. The Bertz CT molecular complexity index is 184. The van der Waals surface area contributed by atoms with Gasteiger partial charge in [-0.25, -0.2) is 0 Å². The molecule has 0 saturated carbocycles. The molecule has 2 aliphatic heterocycles. The van der Waals surface area contributed by atoms with E-state index in [1.54, 1.807) is 0 Å². The molecule has 16 heavy (non-hydrogen) atoms. The summed E-state index contributed by atoms with van der Waals surface area (Å²) in [6.45, 7) is 6.72. The summed E-state index contributed by atoms with van der Waals surface area (Å²) in [6.07, 6.45) is 6.48. The Morgan fingerprint density at radius 1 is 1.00 bits per heavy atom. The van der Waals surface area contributed by atoms with Crippen LogP contribution < -0.4 is 5.73 Å². The van der Waals surface area contributed by atoms with Gasteiger partial charge in [-0.15, -0.1) is 0 Å². The Morgan fingerprint density at radius 3 is 2.31 bits per heavy atom. The van der Waals surface area contributed by atoms with Gasteiger partial charge in [0.1, 0.15) is 0 Å². The van der Waals surface area contributed by atoms with E-state index in [4.69, 9.17) is 10.5 Å². The van der Waals surface area contributed by atoms with Crippen LogP contribution in [0.2, 0.25) is 0 Å². The number of rotatable bonds is 4. The SMILES string of the molecule is NCCC1CCN(CC2CCOCC2)CC1. The van der Waals surface area contributed by atoms with Gasteiger partial charge < -0.3 is 15.4 Å². The number of likely N-dealkylation sites (tertiary alicyclic amines) is 1. The highest BCUT2D eigenvalue weighted by Crippen LogP contribution is 2.23. The van der Waals surface area contributed by atoms with Crippen LogP contribution in [0, 0.1) is 11.8 Å². The second-order valence-electron chi connectivity index (χ2n) is 5.38. The number of ether oxygens (including phenoxy) is 1. The molecule has 0 spiro atoms. The first-order valence-electron chi connectivity index (χ1n) is 6.88. The van der Waals surface area contributed by atoms with Crippen molar-refractivity contribution in [1.82, 2.24) is 4.90 Å². The molecule has 2 N–H and O–H groups in total. The lowest BCUT2D eigenvalue weighted by Crippen LogP contribution is -2.38. The molecular formula is C13H26N2O. The second kappa shape index (κ2) is 6.58. The maximum Gasteiger partial charge on any atom is 0.0469 e. The Labute approximate surface area is 99.3 Å². The zero-order valence-corrected chi connectivity index (χ0v) is 10.4. The normalized spacial score (nSPS) is 26.1. The molecule has 94 valence electrons. The van der Waals surface area contributed by atoms with Gasteiger partial charge in [0.05, 0.1) is 0 Å². The van der Waals surface area contributed by atoms with Crippen LogP contribution in [0.25, 0.3) is 0 Å². The number of nitrogens with two attached hydrogens (primary N) is 1. The molecule has 0 aromatic carbocycles. The maximum atomic E-state index is 5.62. The highest BCUT2D eigenvalue weighted by Gasteiger charge is 2.22. The minimum absolute atomic E-state index is 0.866. The molecule has 0 radical (unpaired) electrons. The third-order valence-electron chi connectivity index (χ3n) is 4.14. The van der Waals surface area contributed by atoms with Crippen LogP contribution >= 0.6 is 0 Å². The Balaban J connectivity index is 1.64. The quantitative estimate of drug-likeness (QED) is 0.789. The molecule has 0 atom stereocenters. The molecule has 2 fully saturated rings. The Kier molecular flexibility index (Phi) is 5.07. The standard InChI is InChI=1S/C13H26N2O/c14-6-1-12-2-7-15(8-3-12)11-13-4-9-16-10-5-13/h12-13H,1-11,14H2. The summed E-state index contributed by atoms with van der Waals surface area (Å²) in [7, 11) is 0. The summed E-state index contributed by atoms with van der Waals surface area (Å²) in [5.74, 6) is 1.79. The van der Waals surface area contributed by atoms with Crippen molar-refractivity contribution in [3.05, 3.63) is 0 Å². The van der Waals surface area contributed by atoms with E-state index in [0.29, 0.717) is 0 Å². The predicted octanol–water partition coefficient (Wildman–Crippen LogP) is 1.47. The third-order valence-corrected chi connectivity index (χ3v) is 4.14. The van der Waals surface area contributed by atoms with Crippen molar-refractivity contribution in [2.45, 2.75) is 32.1 Å². The summed E-state index contributed by atoms with van der Waals surface area (Å²) < 4.78 is 5.41. The van der Waals surface area contributed by atoms with E-state index in [1.165, 1.54) is 51.7 Å². The maximum absolute atomic E-state index is 5.62. The minimum atomic E-state index is 0.866. The fourth-order valence-electron chi connectivity index (χ4n) is 2.99. The number of piperidine rings is 1. The summed E-state index contributed by atoms with van der Waals surface area (Å²) >= 11 is 0. The molecular weight excluding hydrogens is 200 g/mol. The van der Waals surface area contributed by atoms with Gasteiger partial charge in [-0.1, -0.05) is 0 Å². The van der Waals surface area contributed by atoms with Crippen molar-refractivity contribution in [2.75, 3.05) is 39.4 Å². The molecule has 3 heteroatoms. The third kappa shape index (κ3) is 3.72. The lowest BCUT2D eigenvalue weighted by atomic mass is 9.92. The van der Waals surface area contributed by atoms with Crippen LogP contribution in [0.4, 0.5) is 0 Å². The molecule has 2 saturated heterocycles. The topological polar surface area (TPSA) is 38.5 Å². The van der Waals surface area contributed by atoms with E-state index >= 15 is 0 Å². The molecule has 3 nitrogen and oxygen atoms in total. The number of nitrogens with zero attached hydrogens (tertiary/aromatic N) is 1. The second-order valence-corrected chi connectivity index (χ2v) is 5.38. The zero-order chi connectivity index (χ0) is 11.2. The molecule has 0 unspecified atom stereocenters. The van der Waals surface area contributed by atoms with Crippen molar-refractivity contribution in [2.24, 2.45) is 17.6 Å². The van der Waals surface area contributed by atoms with Crippen LogP contribution in [0.5, 0.6) is 0 Å². The molecule has 0 aliphatic carbocycles. The first kappa shape index (κ1) is 12.3. The fraction of sp³-hybridized carbons (Fsp3) is 1.00. The molecule has 2 rings (SSSR count). The molecule has 2 aliphatic rings. The Morgan fingerprint density at radius 2 is 1.69 bits per heavy atom. The molecule has 0 aromatic heterocycles. The molecule has 2 heterocycles. The van der Waals surface area contributed by atoms with Gasteiger partial charge >= 0.3 is 0 Å². The minimum Gasteiger partial charge on any atom is -0.381 e. The van der Waals surface area contributed by atoms with Crippen molar-refractivity contribution in [3.63, 3.8) is 0 Å². The fourth-order valence-corrected chi connectivity index (χ4v) is 2.99. The summed E-state index contributed by atoms with van der Waals surface area (Å²) in [5.41, 5.74) is 5.62. The van der Waals surface area contributed by atoms with E-state index in [2.05, 4.69) is 4.90 Å². The van der Waals surface area contributed by atoms with E-state index in [9.17, 15) is 0 Å². The molecule has 0 aromatic rings. The largest absolute Gasteiger partial charge is 0.381 e. The predicted molar refractivity (Wildman–Crippen MR) is 66.4 cm³/mol. The lowest BCUT2D eigenvalue weighted by Gasteiger charge is -2.35. The van der Waals surface area contributed by atoms with Gasteiger partial charge in [-0.3, -0.25) is 0 Å². The lowest BCUT2D eigenvalue weighted by molar-refractivity contribution is 0.0466. The average Bonchev–Trinajstić information content (AvgIpc) is 2.33. The smallest absolute Gasteiger partial charge is 0.0469 e. The number of hydrogen-bond acceptors (Lipinski definition) is 3. The number of hydrogen-bond donors (Lipinski definition) is 1. The van der Waals surface area contributed by atoms with E-state index in [0.717, 1.165) is 31.6 Å². The molecule has 0 amide bonds. The monoisotopic (exact) mass is 226 g/mol. The highest BCUT2D eigenvalue weighted by atomic mass is 16.5. The van der Waals surface area contributed by atoms with Crippen molar-refractivity contribution in [3.8, 4) is 0 Å². The first-order chi connectivity index (χ1) is 7.88. The van der Waals surface area contributed by atoms with Crippen LogP contribution in [0.3, 0.4) is 0 Å². The van der Waals surface area contributed by atoms with Crippen LogP contribution in [-0.4, -0.2) is 44.3 Å². The van der Waals surface area contributed by atoms with Crippen LogP contribution in [-0.2, 0) is 4.74 Å². The summed E-state index contributed by atoms with van der Waals surface area (Å²) in [4.78, 5) is 2.66. The van der Waals surface area contributed by atoms with Gasteiger partial charge in [-0.2, -0.15) is 0 Å². The van der Waals surface area contributed by atoms with E-state index in [1.807, 2.05) is 0 Å². The van der Waals surface area contributed by atoms with Crippen molar-refractivity contribution >= 4 is 0 Å². The summed E-state index contributed by atoms with van der Waals surface area (Å²) in [6, 6.07) is 0. The van der Waals surface area contributed by atoms with Gasteiger partial charge in [0.25, 0.3) is 0 Å². The first-order valence-corrected chi connectivity index (χ1v) is 6.88. The van der Waals surface area contributed by atoms with E-state index < -0.39 is 0 Å². The van der Waals surface area contributed by atoms with Crippen molar-refractivity contribution in [1.29, 1.82) is 0 Å².